The van der Waals surface area contributed by atoms with Gasteiger partial charge in [-0.15, -0.1) is 0 Å². The van der Waals surface area contributed by atoms with Gasteiger partial charge in [-0.05, 0) is 56.0 Å². The van der Waals surface area contributed by atoms with E-state index in [9.17, 15) is 14.7 Å². The lowest BCUT2D eigenvalue weighted by atomic mass is 9.81. The molecule has 0 bridgehead atoms. The number of rotatable bonds is 3. The summed E-state index contributed by atoms with van der Waals surface area (Å²) < 4.78 is 4.67. The van der Waals surface area contributed by atoms with Crippen molar-refractivity contribution in [1.29, 1.82) is 0 Å². The van der Waals surface area contributed by atoms with Crippen molar-refractivity contribution < 1.29 is 14.7 Å². The zero-order valence-electron chi connectivity index (χ0n) is 22.7. The molecule has 0 spiro atoms. The predicted molar refractivity (Wildman–Crippen MR) is 154 cm³/mol. The van der Waals surface area contributed by atoms with Crippen LogP contribution in [0.1, 0.15) is 70.9 Å². The summed E-state index contributed by atoms with van der Waals surface area (Å²) in [5.74, 6) is -0.303. The molecule has 0 atom stereocenters. The Hall–Kier alpha value is -3.58. The molecule has 1 saturated heterocycles. The number of carboxylic acid groups (broad SMARTS) is 1. The van der Waals surface area contributed by atoms with Gasteiger partial charge in [0, 0.05) is 61.1 Å². The minimum atomic E-state index is -0.888. The Labute approximate surface area is 228 Å². The van der Waals surface area contributed by atoms with E-state index in [1.54, 1.807) is 6.07 Å². The van der Waals surface area contributed by atoms with Gasteiger partial charge in [0.2, 0.25) is 0 Å². The Balaban J connectivity index is 1.46. The Morgan fingerprint density at radius 3 is 2.38 bits per heavy atom. The highest BCUT2D eigenvalue weighted by molar-refractivity contribution is 6.06. The van der Waals surface area contributed by atoms with Crippen LogP contribution in [0.15, 0.2) is 42.5 Å². The summed E-state index contributed by atoms with van der Waals surface area (Å²) in [5.41, 5.74) is 7.04. The van der Waals surface area contributed by atoms with Crippen molar-refractivity contribution in [2.45, 2.75) is 57.5 Å². The number of aromatic nitrogens is 2. The zero-order chi connectivity index (χ0) is 26.7. The van der Waals surface area contributed by atoms with Crippen LogP contribution in [-0.4, -0.2) is 69.1 Å². The summed E-state index contributed by atoms with van der Waals surface area (Å²) in [6.07, 6.45) is 6.94. The fraction of sp³-hybridized carbons (Fsp3) is 0.438. The van der Waals surface area contributed by atoms with E-state index in [0.29, 0.717) is 11.5 Å². The van der Waals surface area contributed by atoms with Gasteiger partial charge in [-0.3, -0.25) is 4.79 Å². The smallest absolute Gasteiger partial charge is 0.335 e. The van der Waals surface area contributed by atoms with E-state index in [0.717, 1.165) is 80.6 Å². The largest absolute Gasteiger partial charge is 0.478 e. The van der Waals surface area contributed by atoms with Crippen LogP contribution >= 0.6 is 0 Å². The minimum Gasteiger partial charge on any atom is -0.478 e. The molecule has 1 amide bonds. The number of nitrogens with zero attached hydrogens (tertiary/aromatic N) is 4. The average molecular weight is 525 g/mol. The number of piperazine rings is 1. The third-order valence-corrected chi connectivity index (χ3v) is 9.31. The molecule has 7 nitrogen and oxygen atoms in total. The van der Waals surface area contributed by atoms with Gasteiger partial charge in [0.1, 0.15) is 5.69 Å². The number of amides is 1. The topological polar surface area (TPSA) is 70.7 Å². The van der Waals surface area contributed by atoms with Gasteiger partial charge >= 0.3 is 5.97 Å². The van der Waals surface area contributed by atoms with Gasteiger partial charge in [0.25, 0.3) is 5.91 Å². The number of aromatic carboxylic acids is 1. The van der Waals surface area contributed by atoms with Crippen molar-refractivity contribution in [3.63, 3.8) is 0 Å². The second-order valence-corrected chi connectivity index (χ2v) is 11.7. The Kier molecular flexibility index (Phi) is 5.99. The zero-order valence-corrected chi connectivity index (χ0v) is 22.7. The fourth-order valence-electron chi connectivity index (χ4n) is 7.32. The molecule has 2 fully saturated rings. The SMILES string of the molecule is CN1CCN(C(=O)c2cc3cccc4c3n2CCCn2c-4c(C3CCCCC3)c3ccc(C(=O)O)cc32)CC1. The van der Waals surface area contributed by atoms with Crippen molar-refractivity contribution in [3.05, 3.63) is 59.3 Å². The number of aryl methyl sites for hydroxylation is 2. The Bertz CT molecular complexity index is 1600. The van der Waals surface area contributed by atoms with Crippen molar-refractivity contribution in [1.82, 2.24) is 18.9 Å². The number of hydrogen-bond donors (Lipinski definition) is 1. The lowest BCUT2D eigenvalue weighted by Gasteiger charge is -2.32. The van der Waals surface area contributed by atoms with Crippen LogP contribution in [0.5, 0.6) is 0 Å². The number of carbonyl (C=O) groups is 2. The van der Waals surface area contributed by atoms with E-state index in [1.807, 2.05) is 17.0 Å². The normalized spacial score (nSPS) is 18.7. The first-order chi connectivity index (χ1) is 19.0. The summed E-state index contributed by atoms with van der Waals surface area (Å²) in [4.78, 5) is 30.0. The maximum absolute atomic E-state index is 13.8. The van der Waals surface area contributed by atoms with Crippen LogP contribution in [0.2, 0.25) is 0 Å². The molecule has 202 valence electrons. The monoisotopic (exact) mass is 524 g/mol. The molecule has 7 heteroatoms. The quantitative estimate of drug-likeness (QED) is 0.368. The molecule has 4 aromatic rings. The molecule has 2 aliphatic heterocycles. The Morgan fingerprint density at radius 1 is 0.846 bits per heavy atom. The maximum Gasteiger partial charge on any atom is 0.335 e. The second-order valence-electron chi connectivity index (χ2n) is 11.7. The molecule has 1 N–H and O–H groups in total. The van der Waals surface area contributed by atoms with Crippen LogP contribution in [0, 0.1) is 0 Å². The van der Waals surface area contributed by atoms with E-state index in [1.165, 1.54) is 41.5 Å². The van der Waals surface area contributed by atoms with Gasteiger partial charge in [-0.2, -0.15) is 0 Å². The average Bonchev–Trinajstić information content (AvgIpc) is 3.47. The number of para-hydroxylation sites is 1. The van der Waals surface area contributed by atoms with Crippen LogP contribution in [0.3, 0.4) is 0 Å². The first kappa shape index (κ1) is 24.5. The molecular weight excluding hydrogens is 488 g/mol. The number of carbonyl (C=O) groups excluding carboxylic acids is 1. The molecule has 1 saturated carbocycles. The lowest BCUT2D eigenvalue weighted by molar-refractivity contribution is 0.0652. The molecule has 4 heterocycles. The second kappa shape index (κ2) is 9.56. The first-order valence-electron chi connectivity index (χ1n) is 14.5. The molecule has 0 radical (unpaired) electrons. The van der Waals surface area contributed by atoms with Gasteiger partial charge in [-0.1, -0.05) is 43.5 Å². The summed E-state index contributed by atoms with van der Waals surface area (Å²) in [6, 6.07) is 14.2. The number of fused-ring (bicyclic) bond motifs is 4. The first-order valence-corrected chi connectivity index (χ1v) is 14.5. The summed E-state index contributed by atoms with van der Waals surface area (Å²) in [5, 5.41) is 12.1. The number of hydrogen-bond acceptors (Lipinski definition) is 3. The van der Waals surface area contributed by atoms with Gasteiger partial charge in [0.15, 0.2) is 0 Å². The number of carboxylic acids is 1. The fourth-order valence-corrected chi connectivity index (χ4v) is 7.32. The van der Waals surface area contributed by atoms with E-state index in [4.69, 9.17) is 0 Å². The molecule has 2 aromatic heterocycles. The molecule has 0 unspecified atom stereocenters. The van der Waals surface area contributed by atoms with E-state index >= 15 is 0 Å². The van der Waals surface area contributed by atoms with Gasteiger partial charge in [-0.25, -0.2) is 4.79 Å². The van der Waals surface area contributed by atoms with Gasteiger partial charge in [0.05, 0.1) is 16.8 Å². The van der Waals surface area contributed by atoms with Crippen molar-refractivity contribution >= 4 is 33.7 Å². The van der Waals surface area contributed by atoms with Crippen molar-refractivity contribution in [3.8, 4) is 11.3 Å². The van der Waals surface area contributed by atoms with E-state index < -0.39 is 5.97 Å². The molecule has 1 aliphatic carbocycles. The van der Waals surface area contributed by atoms with E-state index in [-0.39, 0.29) is 5.91 Å². The summed E-state index contributed by atoms with van der Waals surface area (Å²) >= 11 is 0. The van der Waals surface area contributed by atoms with Crippen LogP contribution in [0.25, 0.3) is 33.1 Å². The minimum absolute atomic E-state index is 0.130. The van der Waals surface area contributed by atoms with Crippen molar-refractivity contribution in [2.24, 2.45) is 0 Å². The maximum atomic E-state index is 13.8. The number of likely N-dealkylation sites (N-methyl/N-ethyl adjacent to an activating group) is 1. The molecule has 39 heavy (non-hydrogen) atoms. The predicted octanol–water partition coefficient (Wildman–Crippen LogP) is 5.80. The standard InChI is InChI=1S/C32H36N4O3/c1-33-15-17-34(18-16-33)31(37)27-19-22-9-5-10-25-29(22)36(27)14-6-13-35-26-20-23(32(38)39)11-12-24(26)28(30(25)35)21-7-3-2-4-8-21/h5,9-12,19-21H,2-4,6-8,13-18H2,1H3,(H,38,39). The lowest BCUT2D eigenvalue weighted by Crippen LogP contribution is -2.47. The highest BCUT2D eigenvalue weighted by Gasteiger charge is 2.31. The summed E-state index contributed by atoms with van der Waals surface area (Å²) in [6.45, 7) is 4.87. The van der Waals surface area contributed by atoms with Crippen LogP contribution < -0.4 is 0 Å². The van der Waals surface area contributed by atoms with Crippen LogP contribution in [0.4, 0.5) is 0 Å². The molecule has 3 aliphatic rings. The molecule has 2 aromatic carbocycles. The van der Waals surface area contributed by atoms with Gasteiger partial charge < -0.3 is 24.0 Å². The highest BCUT2D eigenvalue weighted by atomic mass is 16.4. The summed E-state index contributed by atoms with van der Waals surface area (Å²) in [7, 11) is 2.11. The third kappa shape index (κ3) is 3.97. The third-order valence-electron chi connectivity index (χ3n) is 9.31. The highest BCUT2D eigenvalue weighted by Crippen LogP contribution is 2.46. The number of benzene rings is 2. The van der Waals surface area contributed by atoms with Crippen molar-refractivity contribution in [2.75, 3.05) is 33.2 Å². The van der Waals surface area contributed by atoms with Crippen LogP contribution in [-0.2, 0) is 13.1 Å². The van der Waals surface area contributed by atoms with E-state index in [2.05, 4.69) is 45.3 Å². The molecule has 7 rings (SSSR count). The Morgan fingerprint density at radius 2 is 1.62 bits per heavy atom. The molecular formula is C32H36N4O3.